The van der Waals surface area contributed by atoms with Gasteiger partial charge in [0.05, 0.1) is 12.2 Å². The van der Waals surface area contributed by atoms with E-state index in [0.717, 1.165) is 16.3 Å². The quantitative estimate of drug-likeness (QED) is 0.486. The van der Waals surface area contributed by atoms with Gasteiger partial charge in [-0.15, -0.1) is 11.8 Å². The van der Waals surface area contributed by atoms with Gasteiger partial charge >= 0.3 is 5.97 Å². The zero-order valence-electron chi connectivity index (χ0n) is 11.7. The minimum Gasteiger partial charge on any atom is -0.493 e. The number of nitrogen functional groups attached to an aromatic ring is 1. The highest BCUT2D eigenvalue weighted by atomic mass is 32.2. The molecule has 0 aliphatic heterocycles. The third-order valence-corrected chi connectivity index (χ3v) is 4.04. The second kappa shape index (κ2) is 7.04. The first-order valence-corrected chi connectivity index (χ1v) is 7.50. The first kappa shape index (κ1) is 15.3. The summed E-state index contributed by atoms with van der Waals surface area (Å²) in [5.74, 6) is 0.532. The van der Waals surface area contributed by atoms with Crippen LogP contribution in [-0.2, 0) is 0 Å². The molecule has 2 aromatic carbocycles. The topological polar surface area (TPSA) is 72.5 Å². The van der Waals surface area contributed by atoms with Gasteiger partial charge < -0.3 is 15.6 Å². The molecule has 0 amide bonds. The number of ether oxygens (including phenoxy) is 1. The molecule has 0 aliphatic rings. The van der Waals surface area contributed by atoms with E-state index in [4.69, 9.17) is 15.6 Å². The molecule has 4 nitrogen and oxygen atoms in total. The van der Waals surface area contributed by atoms with Gasteiger partial charge in [-0.3, -0.25) is 0 Å². The number of anilines is 1. The highest BCUT2D eigenvalue weighted by molar-refractivity contribution is 7.99. The predicted molar refractivity (Wildman–Crippen MR) is 85.2 cm³/mol. The van der Waals surface area contributed by atoms with Gasteiger partial charge in [0, 0.05) is 16.3 Å². The molecular formula is C16H17NO3S. The van der Waals surface area contributed by atoms with Crippen molar-refractivity contribution in [1.82, 2.24) is 0 Å². The van der Waals surface area contributed by atoms with Crippen LogP contribution in [0, 0.1) is 6.92 Å². The summed E-state index contributed by atoms with van der Waals surface area (Å²) in [6, 6.07) is 12.3. The van der Waals surface area contributed by atoms with E-state index in [0.29, 0.717) is 12.4 Å². The van der Waals surface area contributed by atoms with Crippen LogP contribution in [-0.4, -0.2) is 23.4 Å². The van der Waals surface area contributed by atoms with Gasteiger partial charge in [0.25, 0.3) is 0 Å². The summed E-state index contributed by atoms with van der Waals surface area (Å²) in [5, 5.41) is 8.81. The van der Waals surface area contributed by atoms with Crippen molar-refractivity contribution in [2.45, 2.75) is 11.8 Å². The van der Waals surface area contributed by atoms with E-state index in [1.165, 1.54) is 17.7 Å². The number of hydrogen-bond donors (Lipinski definition) is 2. The Morgan fingerprint density at radius 1 is 1.24 bits per heavy atom. The van der Waals surface area contributed by atoms with Gasteiger partial charge in [0.2, 0.25) is 0 Å². The van der Waals surface area contributed by atoms with Gasteiger partial charge in [-0.25, -0.2) is 4.79 Å². The number of carbonyl (C=O) groups is 1. The maximum atomic E-state index is 10.7. The Bertz CT molecular complexity index is 626. The molecule has 3 N–H and O–H groups in total. The van der Waals surface area contributed by atoms with Crippen LogP contribution in [0.5, 0.6) is 5.75 Å². The number of aromatic carboxylic acids is 1. The molecule has 5 heteroatoms. The van der Waals surface area contributed by atoms with Crippen molar-refractivity contribution in [3.63, 3.8) is 0 Å². The number of nitrogens with two attached hydrogens (primary N) is 1. The van der Waals surface area contributed by atoms with Gasteiger partial charge in [0.15, 0.2) is 0 Å². The molecule has 0 aliphatic carbocycles. The number of carboxylic acid groups (broad SMARTS) is 1. The number of benzene rings is 2. The first-order valence-electron chi connectivity index (χ1n) is 6.51. The lowest BCUT2D eigenvalue weighted by atomic mass is 10.2. The van der Waals surface area contributed by atoms with E-state index < -0.39 is 5.97 Å². The molecule has 0 bridgehead atoms. The van der Waals surface area contributed by atoms with Crippen LogP contribution in [0.2, 0.25) is 0 Å². The zero-order valence-corrected chi connectivity index (χ0v) is 12.5. The van der Waals surface area contributed by atoms with Crippen molar-refractivity contribution in [3.05, 3.63) is 53.6 Å². The molecule has 0 heterocycles. The molecule has 21 heavy (non-hydrogen) atoms. The summed E-state index contributed by atoms with van der Waals surface area (Å²) in [6.45, 7) is 2.60. The van der Waals surface area contributed by atoms with Crippen LogP contribution in [0.15, 0.2) is 47.4 Å². The van der Waals surface area contributed by atoms with E-state index in [2.05, 4.69) is 0 Å². The SMILES string of the molecule is Cc1ccc(N)cc1SCCOc1ccc(C(=O)O)cc1. The third kappa shape index (κ3) is 4.43. The summed E-state index contributed by atoms with van der Waals surface area (Å²) in [4.78, 5) is 11.9. The number of rotatable bonds is 6. The van der Waals surface area contributed by atoms with Crippen molar-refractivity contribution < 1.29 is 14.6 Å². The number of hydrogen-bond acceptors (Lipinski definition) is 4. The molecule has 0 fully saturated rings. The summed E-state index contributed by atoms with van der Waals surface area (Å²) in [6.07, 6.45) is 0. The average molecular weight is 303 g/mol. The van der Waals surface area contributed by atoms with Gasteiger partial charge in [-0.2, -0.15) is 0 Å². The van der Waals surface area contributed by atoms with Crippen LogP contribution in [0.4, 0.5) is 5.69 Å². The highest BCUT2D eigenvalue weighted by Gasteiger charge is 2.03. The molecule has 0 atom stereocenters. The lowest BCUT2D eigenvalue weighted by molar-refractivity contribution is 0.0697. The molecule has 2 rings (SSSR count). The molecular weight excluding hydrogens is 286 g/mol. The van der Waals surface area contributed by atoms with Gasteiger partial charge in [-0.05, 0) is 48.9 Å². The minimum absolute atomic E-state index is 0.257. The summed E-state index contributed by atoms with van der Waals surface area (Å²) < 4.78 is 5.59. The monoisotopic (exact) mass is 303 g/mol. The summed E-state index contributed by atoms with van der Waals surface area (Å²) in [5.41, 5.74) is 7.98. The van der Waals surface area contributed by atoms with Crippen molar-refractivity contribution in [3.8, 4) is 5.75 Å². The van der Waals surface area contributed by atoms with Crippen molar-refractivity contribution in [2.24, 2.45) is 0 Å². The number of thioether (sulfide) groups is 1. The van der Waals surface area contributed by atoms with Crippen LogP contribution < -0.4 is 10.5 Å². The van der Waals surface area contributed by atoms with Gasteiger partial charge in [-0.1, -0.05) is 6.07 Å². The molecule has 0 unspecified atom stereocenters. The molecule has 110 valence electrons. The largest absolute Gasteiger partial charge is 0.493 e. The second-order valence-electron chi connectivity index (χ2n) is 4.55. The maximum absolute atomic E-state index is 10.7. The lowest BCUT2D eigenvalue weighted by Gasteiger charge is -2.08. The van der Waals surface area contributed by atoms with E-state index >= 15 is 0 Å². The lowest BCUT2D eigenvalue weighted by Crippen LogP contribution is -2.01. The van der Waals surface area contributed by atoms with Crippen molar-refractivity contribution >= 4 is 23.4 Å². The minimum atomic E-state index is -0.936. The molecule has 0 saturated carbocycles. The fourth-order valence-corrected chi connectivity index (χ4v) is 2.68. The van der Waals surface area contributed by atoms with Crippen LogP contribution in [0.3, 0.4) is 0 Å². The average Bonchev–Trinajstić information content (AvgIpc) is 2.47. The number of aryl methyl sites for hydroxylation is 1. The third-order valence-electron chi connectivity index (χ3n) is 2.92. The molecule has 0 spiro atoms. The van der Waals surface area contributed by atoms with Crippen LogP contribution >= 0.6 is 11.8 Å². The predicted octanol–water partition coefficient (Wildman–Crippen LogP) is 3.45. The summed E-state index contributed by atoms with van der Waals surface area (Å²) in [7, 11) is 0. The van der Waals surface area contributed by atoms with Crippen LogP contribution in [0.25, 0.3) is 0 Å². The summed E-state index contributed by atoms with van der Waals surface area (Å²) >= 11 is 1.69. The highest BCUT2D eigenvalue weighted by Crippen LogP contribution is 2.24. The van der Waals surface area contributed by atoms with E-state index in [1.54, 1.807) is 23.9 Å². The standard InChI is InChI=1S/C16H17NO3S/c1-11-2-5-13(17)10-15(11)21-9-8-20-14-6-3-12(4-7-14)16(18)19/h2-7,10H,8-9,17H2,1H3,(H,18,19). The van der Waals surface area contributed by atoms with Gasteiger partial charge in [0.1, 0.15) is 5.75 Å². The Hall–Kier alpha value is -2.14. The smallest absolute Gasteiger partial charge is 0.335 e. The van der Waals surface area contributed by atoms with Crippen molar-refractivity contribution in [2.75, 3.05) is 18.1 Å². The zero-order chi connectivity index (χ0) is 15.2. The van der Waals surface area contributed by atoms with Crippen LogP contribution in [0.1, 0.15) is 15.9 Å². The Labute approximate surface area is 127 Å². The van der Waals surface area contributed by atoms with Crippen molar-refractivity contribution in [1.29, 1.82) is 0 Å². The van der Waals surface area contributed by atoms with E-state index in [9.17, 15) is 4.79 Å². The molecule has 0 aromatic heterocycles. The van der Waals surface area contributed by atoms with E-state index in [1.807, 2.05) is 25.1 Å². The Morgan fingerprint density at radius 2 is 1.95 bits per heavy atom. The first-order chi connectivity index (χ1) is 10.1. The Balaban J connectivity index is 1.81. The molecule has 2 aromatic rings. The second-order valence-corrected chi connectivity index (χ2v) is 5.69. The van der Waals surface area contributed by atoms with E-state index in [-0.39, 0.29) is 5.56 Å². The Kier molecular flexibility index (Phi) is 5.11. The fraction of sp³-hybridized carbons (Fsp3) is 0.188. The fourth-order valence-electron chi connectivity index (χ4n) is 1.78. The molecule has 0 saturated heterocycles. The normalized spacial score (nSPS) is 10.3. The maximum Gasteiger partial charge on any atom is 0.335 e. The Morgan fingerprint density at radius 3 is 2.62 bits per heavy atom. The molecule has 0 radical (unpaired) electrons. The number of carboxylic acids is 1.